The number of piperidine rings is 3. The Morgan fingerprint density at radius 1 is 1.33 bits per heavy atom. The standard InChI is InChI=1S/C18H19F3N2O/c1-2-12-11-23-8-7-14(12)9-16(23)10-22-17(24)13-3-5-15(6-4-13)18(19,20)21/h1,3-6,12,14,16H,7-11H2,(H,22,24)/t12-,14+,16-/m1/s1. The van der Waals surface area contributed by atoms with Gasteiger partial charge in [-0.05, 0) is 49.6 Å². The molecular formula is C18H19F3N2O. The van der Waals surface area contributed by atoms with Crippen LogP contribution in [-0.2, 0) is 6.18 Å². The van der Waals surface area contributed by atoms with Crippen molar-refractivity contribution >= 4 is 5.91 Å². The lowest BCUT2D eigenvalue weighted by Crippen LogP contribution is -2.56. The third-order valence-electron chi connectivity index (χ3n) is 5.07. The fourth-order valence-corrected chi connectivity index (χ4v) is 3.66. The molecule has 1 aromatic rings. The van der Waals surface area contributed by atoms with Crippen LogP contribution >= 0.6 is 0 Å². The molecule has 24 heavy (non-hydrogen) atoms. The number of fused-ring (bicyclic) bond motifs is 3. The van der Waals surface area contributed by atoms with Gasteiger partial charge in [0.05, 0.1) is 5.56 Å². The number of hydrogen-bond donors (Lipinski definition) is 1. The SMILES string of the molecule is C#C[C@@H]1CN2CC[C@H]1C[C@@H]2CNC(=O)c1ccc(C(F)(F)F)cc1. The van der Waals surface area contributed by atoms with Crippen molar-refractivity contribution in [2.45, 2.75) is 25.1 Å². The molecule has 4 atom stereocenters. The summed E-state index contributed by atoms with van der Waals surface area (Å²) in [5.41, 5.74) is -0.518. The summed E-state index contributed by atoms with van der Waals surface area (Å²) in [6.45, 7) is 2.35. The minimum Gasteiger partial charge on any atom is -0.350 e. The Bertz CT molecular complexity index is 648. The van der Waals surface area contributed by atoms with E-state index >= 15 is 0 Å². The molecule has 0 aliphatic carbocycles. The summed E-state index contributed by atoms with van der Waals surface area (Å²) >= 11 is 0. The van der Waals surface area contributed by atoms with Gasteiger partial charge in [0.25, 0.3) is 5.91 Å². The van der Waals surface area contributed by atoms with Gasteiger partial charge in [0.2, 0.25) is 0 Å². The molecule has 3 aliphatic heterocycles. The number of carbonyl (C=O) groups excluding carboxylic acids is 1. The molecule has 0 saturated carbocycles. The highest BCUT2D eigenvalue weighted by Crippen LogP contribution is 2.35. The van der Waals surface area contributed by atoms with Gasteiger partial charge >= 0.3 is 6.18 Å². The number of alkyl halides is 3. The Morgan fingerprint density at radius 3 is 2.58 bits per heavy atom. The molecule has 1 amide bonds. The highest BCUT2D eigenvalue weighted by Gasteiger charge is 2.39. The molecule has 3 aliphatic rings. The van der Waals surface area contributed by atoms with Crippen LogP contribution in [0.1, 0.15) is 28.8 Å². The number of nitrogens with zero attached hydrogens (tertiary/aromatic N) is 1. The zero-order valence-electron chi connectivity index (χ0n) is 13.1. The number of rotatable bonds is 3. The lowest BCUT2D eigenvalue weighted by molar-refractivity contribution is -0.137. The Hall–Kier alpha value is -2.00. The zero-order valence-corrected chi connectivity index (χ0v) is 13.1. The Labute approximate surface area is 139 Å². The Kier molecular flexibility index (Phi) is 4.55. The number of terminal acetylenes is 1. The van der Waals surface area contributed by atoms with Gasteiger partial charge in [0.1, 0.15) is 0 Å². The number of nitrogens with one attached hydrogen (secondary N) is 1. The molecule has 128 valence electrons. The van der Waals surface area contributed by atoms with E-state index in [1.54, 1.807) is 0 Å². The predicted octanol–water partition coefficient (Wildman–Crippen LogP) is 2.78. The molecule has 0 spiro atoms. The van der Waals surface area contributed by atoms with Crippen LogP contribution in [0.2, 0.25) is 0 Å². The summed E-state index contributed by atoms with van der Waals surface area (Å²) in [6, 6.07) is 4.53. The van der Waals surface area contributed by atoms with Crippen LogP contribution in [0.25, 0.3) is 0 Å². The molecular weight excluding hydrogens is 317 g/mol. The highest BCUT2D eigenvalue weighted by molar-refractivity contribution is 5.94. The molecule has 2 bridgehead atoms. The maximum Gasteiger partial charge on any atom is 0.416 e. The molecule has 3 saturated heterocycles. The van der Waals surface area contributed by atoms with Crippen molar-refractivity contribution in [1.82, 2.24) is 10.2 Å². The van der Waals surface area contributed by atoms with E-state index in [1.165, 1.54) is 12.1 Å². The van der Waals surface area contributed by atoms with Crippen LogP contribution < -0.4 is 5.32 Å². The summed E-state index contributed by atoms with van der Waals surface area (Å²) in [6.07, 6.45) is 3.21. The van der Waals surface area contributed by atoms with Crippen molar-refractivity contribution in [2.24, 2.45) is 11.8 Å². The summed E-state index contributed by atoms with van der Waals surface area (Å²) in [7, 11) is 0. The average Bonchev–Trinajstić information content (AvgIpc) is 2.59. The van der Waals surface area contributed by atoms with Crippen molar-refractivity contribution < 1.29 is 18.0 Å². The van der Waals surface area contributed by atoms with Crippen molar-refractivity contribution in [3.05, 3.63) is 35.4 Å². The first-order valence-electron chi connectivity index (χ1n) is 8.04. The second-order valence-electron chi connectivity index (χ2n) is 6.49. The van der Waals surface area contributed by atoms with Gasteiger partial charge in [-0.2, -0.15) is 13.2 Å². The van der Waals surface area contributed by atoms with Crippen LogP contribution in [-0.4, -0.2) is 36.5 Å². The van der Waals surface area contributed by atoms with E-state index in [0.29, 0.717) is 18.4 Å². The molecule has 1 N–H and O–H groups in total. The van der Waals surface area contributed by atoms with Gasteiger partial charge < -0.3 is 5.32 Å². The fraction of sp³-hybridized carbons (Fsp3) is 0.500. The number of carbonyl (C=O) groups is 1. The third kappa shape index (κ3) is 3.41. The molecule has 1 unspecified atom stereocenters. The first kappa shape index (κ1) is 16.8. The number of benzene rings is 1. The van der Waals surface area contributed by atoms with Crippen LogP contribution in [0.5, 0.6) is 0 Å². The van der Waals surface area contributed by atoms with Gasteiger partial charge in [-0.15, -0.1) is 12.3 Å². The van der Waals surface area contributed by atoms with Crippen LogP contribution in [0.3, 0.4) is 0 Å². The van der Waals surface area contributed by atoms with Gasteiger partial charge in [-0.3, -0.25) is 9.69 Å². The molecule has 0 aromatic heterocycles. The first-order valence-corrected chi connectivity index (χ1v) is 8.04. The second-order valence-corrected chi connectivity index (χ2v) is 6.49. The van der Waals surface area contributed by atoms with E-state index in [2.05, 4.69) is 16.1 Å². The molecule has 3 heterocycles. The van der Waals surface area contributed by atoms with E-state index in [4.69, 9.17) is 6.42 Å². The van der Waals surface area contributed by atoms with Crippen molar-refractivity contribution in [1.29, 1.82) is 0 Å². The van der Waals surface area contributed by atoms with Crippen molar-refractivity contribution in [3.63, 3.8) is 0 Å². The van der Waals surface area contributed by atoms with Crippen LogP contribution in [0.15, 0.2) is 24.3 Å². The summed E-state index contributed by atoms with van der Waals surface area (Å²) in [4.78, 5) is 14.4. The smallest absolute Gasteiger partial charge is 0.350 e. The third-order valence-corrected chi connectivity index (χ3v) is 5.07. The van der Waals surface area contributed by atoms with E-state index in [1.807, 2.05) is 0 Å². The van der Waals surface area contributed by atoms with E-state index in [-0.39, 0.29) is 17.5 Å². The maximum atomic E-state index is 12.5. The zero-order chi connectivity index (χ0) is 17.3. The van der Waals surface area contributed by atoms with Crippen molar-refractivity contribution in [2.75, 3.05) is 19.6 Å². The molecule has 3 fully saturated rings. The monoisotopic (exact) mass is 336 g/mol. The highest BCUT2D eigenvalue weighted by atomic mass is 19.4. The van der Waals surface area contributed by atoms with Gasteiger partial charge in [-0.1, -0.05) is 0 Å². The largest absolute Gasteiger partial charge is 0.416 e. The number of hydrogen-bond acceptors (Lipinski definition) is 2. The van der Waals surface area contributed by atoms with Crippen molar-refractivity contribution in [3.8, 4) is 12.3 Å². The summed E-state index contributed by atoms with van der Waals surface area (Å²) in [5.74, 6) is 3.30. The Balaban J connectivity index is 1.56. The second kappa shape index (κ2) is 6.48. The lowest BCUT2D eigenvalue weighted by Gasteiger charge is -2.48. The van der Waals surface area contributed by atoms with Gasteiger partial charge in [0.15, 0.2) is 0 Å². The topological polar surface area (TPSA) is 32.3 Å². The van der Waals surface area contributed by atoms with Gasteiger partial charge in [0, 0.05) is 30.6 Å². The minimum atomic E-state index is -4.39. The van der Waals surface area contributed by atoms with Gasteiger partial charge in [-0.25, -0.2) is 0 Å². The quantitative estimate of drug-likeness (QED) is 0.861. The lowest BCUT2D eigenvalue weighted by atomic mass is 9.76. The van der Waals surface area contributed by atoms with Crippen LogP contribution in [0.4, 0.5) is 13.2 Å². The minimum absolute atomic E-state index is 0.237. The normalized spacial score (nSPS) is 29.1. The predicted molar refractivity (Wildman–Crippen MR) is 84.2 cm³/mol. The number of amides is 1. The first-order chi connectivity index (χ1) is 11.4. The average molecular weight is 336 g/mol. The molecule has 0 radical (unpaired) electrons. The molecule has 1 aromatic carbocycles. The van der Waals surface area contributed by atoms with E-state index < -0.39 is 11.7 Å². The maximum absolute atomic E-state index is 12.5. The summed E-state index contributed by atoms with van der Waals surface area (Å²) < 4.78 is 37.6. The Morgan fingerprint density at radius 2 is 2.04 bits per heavy atom. The van der Waals surface area contributed by atoms with E-state index in [0.717, 1.165) is 38.1 Å². The molecule has 6 heteroatoms. The van der Waals surface area contributed by atoms with Crippen LogP contribution in [0, 0.1) is 24.2 Å². The molecule has 3 nitrogen and oxygen atoms in total. The summed E-state index contributed by atoms with van der Waals surface area (Å²) in [5, 5.41) is 2.83. The fourth-order valence-electron chi connectivity index (χ4n) is 3.66. The molecule has 4 rings (SSSR count). The van der Waals surface area contributed by atoms with E-state index in [9.17, 15) is 18.0 Å². The number of halogens is 3.